The Hall–Kier alpha value is -3.34. The van der Waals surface area contributed by atoms with E-state index in [4.69, 9.17) is 5.26 Å². The predicted molar refractivity (Wildman–Crippen MR) is 94.4 cm³/mol. The molecule has 3 rings (SSSR count). The summed E-state index contributed by atoms with van der Waals surface area (Å²) in [6.07, 6.45) is -7.52. The van der Waals surface area contributed by atoms with Gasteiger partial charge in [-0.15, -0.1) is 0 Å². The lowest BCUT2D eigenvalue weighted by molar-refractivity contribution is -0.138. The number of hydrogen-bond acceptors (Lipinski definition) is 2. The lowest BCUT2D eigenvalue weighted by Gasteiger charge is -2.13. The molecule has 0 bridgehead atoms. The maximum atomic E-state index is 12.8. The summed E-state index contributed by atoms with van der Waals surface area (Å²) < 4.78 is 76.9. The predicted octanol–water partition coefficient (Wildman–Crippen LogP) is 6.52. The Labute approximate surface area is 162 Å². The highest BCUT2D eigenvalue weighted by Gasteiger charge is 2.31. The molecule has 0 spiro atoms. The highest BCUT2D eigenvalue weighted by atomic mass is 19.4. The molecule has 1 aromatic heterocycles. The van der Waals surface area contributed by atoms with Gasteiger partial charge in [-0.05, 0) is 41.5 Å². The van der Waals surface area contributed by atoms with E-state index in [0.29, 0.717) is 27.9 Å². The van der Waals surface area contributed by atoms with Gasteiger partial charge in [0.15, 0.2) is 0 Å². The van der Waals surface area contributed by atoms with Crippen molar-refractivity contribution in [3.63, 3.8) is 0 Å². The molecule has 8 heteroatoms. The molecular weight excluding hydrogens is 394 g/mol. The summed E-state index contributed by atoms with van der Waals surface area (Å²) in [7, 11) is 0. The Morgan fingerprint density at radius 1 is 0.759 bits per heavy atom. The minimum Gasteiger partial charge on any atom is -0.255 e. The SMILES string of the molecule is N#CCc1cnc(-c2ccc(C(F)(F)F)cc2)c(-c2ccc(C(F)(F)F)cc2)c1. The van der Waals surface area contributed by atoms with E-state index in [-0.39, 0.29) is 6.42 Å². The van der Waals surface area contributed by atoms with Gasteiger partial charge in [-0.3, -0.25) is 4.98 Å². The van der Waals surface area contributed by atoms with E-state index in [1.807, 2.05) is 6.07 Å². The molecule has 0 aliphatic carbocycles. The molecule has 0 fully saturated rings. The topological polar surface area (TPSA) is 36.7 Å². The fraction of sp³-hybridized carbons (Fsp3) is 0.143. The van der Waals surface area contributed by atoms with Gasteiger partial charge in [0.25, 0.3) is 0 Å². The van der Waals surface area contributed by atoms with Crippen LogP contribution in [0.4, 0.5) is 26.3 Å². The quantitative estimate of drug-likeness (QED) is 0.465. The highest BCUT2D eigenvalue weighted by Crippen LogP contribution is 2.36. The molecule has 0 aliphatic heterocycles. The van der Waals surface area contributed by atoms with E-state index in [2.05, 4.69) is 4.98 Å². The summed E-state index contributed by atoms with van der Waals surface area (Å²) >= 11 is 0. The summed E-state index contributed by atoms with van der Waals surface area (Å²) in [5.74, 6) is 0. The Kier molecular flexibility index (Phi) is 5.33. The number of pyridine rings is 1. The first kappa shape index (κ1) is 20.4. The van der Waals surface area contributed by atoms with Crippen molar-refractivity contribution < 1.29 is 26.3 Å². The van der Waals surface area contributed by atoms with Gasteiger partial charge in [0.2, 0.25) is 0 Å². The molecule has 148 valence electrons. The zero-order chi connectivity index (χ0) is 21.2. The standard InChI is InChI=1S/C21H12F6N2/c22-20(23,24)16-5-1-14(2-6-16)18-11-13(9-10-28)12-29-19(18)15-3-7-17(8-4-15)21(25,26)27/h1-8,11-12H,9H2. The van der Waals surface area contributed by atoms with Crippen LogP contribution < -0.4 is 0 Å². The molecule has 0 radical (unpaired) electrons. The van der Waals surface area contributed by atoms with Gasteiger partial charge >= 0.3 is 12.4 Å². The lowest BCUT2D eigenvalue weighted by Crippen LogP contribution is -2.04. The average molecular weight is 406 g/mol. The molecular formula is C21H12F6N2. The number of hydrogen-bond donors (Lipinski definition) is 0. The monoisotopic (exact) mass is 406 g/mol. The second-order valence-electron chi connectivity index (χ2n) is 6.22. The van der Waals surface area contributed by atoms with Crippen molar-refractivity contribution in [1.82, 2.24) is 4.98 Å². The highest BCUT2D eigenvalue weighted by molar-refractivity contribution is 5.81. The Balaban J connectivity index is 2.10. The summed E-state index contributed by atoms with van der Waals surface area (Å²) in [5, 5.41) is 8.89. The van der Waals surface area contributed by atoms with Gasteiger partial charge in [-0.1, -0.05) is 24.3 Å². The first-order chi connectivity index (χ1) is 13.6. The van der Waals surface area contributed by atoms with Crippen molar-refractivity contribution >= 4 is 0 Å². The molecule has 0 N–H and O–H groups in total. The Bertz CT molecular complexity index is 1040. The van der Waals surface area contributed by atoms with Crippen LogP contribution in [0.3, 0.4) is 0 Å². The van der Waals surface area contributed by atoms with Crippen LogP contribution in [-0.2, 0) is 18.8 Å². The van der Waals surface area contributed by atoms with Gasteiger partial charge in [0.05, 0.1) is 29.3 Å². The molecule has 0 atom stereocenters. The molecule has 0 amide bonds. The fourth-order valence-corrected chi connectivity index (χ4v) is 2.80. The number of aromatic nitrogens is 1. The molecule has 0 saturated heterocycles. The van der Waals surface area contributed by atoms with Crippen molar-refractivity contribution in [2.45, 2.75) is 18.8 Å². The summed E-state index contributed by atoms with van der Waals surface area (Å²) in [5.41, 5.74) is 0.401. The van der Waals surface area contributed by atoms with Gasteiger partial charge < -0.3 is 0 Å². The summed E-state index contributed by atoms with van der Waals surface area (Å²) in [6.45, 7) is 0. The van der Waals surface area contributed by atoms with Crippen LogP contribution in [0.2, 0.25) is 0 Å². The molecule has 0 saturated carbocycles. The van der Waals surface area contributed by atoms with Gasteiger partial charge in [-0.2, -0.15) is 31.6 Å². The summed E-state index contributed by atoms with van der Waals surface area (Å²) in [4.78, 5) is 4.25. The van der Waals surface area contributed by atoms with Crippen LogP contribution in [0.5, 0.6) is 0 Å². The number of alkyl halides is 6. The molecule has 0 aliphatic rings. The maximum absolute atomic E-state index is 12.8. The second-order valence-corrected chi connectivity index (χ2v) is 6.22. The van der Waals surface area contributed by atoms with Crippen molar-refractivity contribution in [3.05, 3.63) is 77.5 Å². The lowest BCUT2D eigenvalue weighted by atomic mass is 9.96. The molecule has 1 heterocycles. The third-order valence-corrected chi connectivity index (χ3v) is 4.24. The minimum absolute atomic E-state index is 0.0356. The van der Waals surface area contributed by atoms with Gasteiger partial charge in [0.1, 0.15) is 0 Å². The second kappa shape index (κ2) is 7.59. The van der Waals surface area contributed by atoms with Crippen molar-refractivity contribution in [2.75, 3.05) is 0 Å². The number of rotatable bonds is 3. The van der Waals surface area contributed by atoms with Crippen LogP contribution in [0.1, 0.15) is 16.7 Å². The number of nitriles is 1. The third-order valence-electron chi connectivity index (χ3n) is 4.24. The smallest absolute Gasteiger partial charge is 0.255 e. The zero-order valence-corrected chi connectivity index (χ0v) is 14.6. The van der Waals surface area contributed by atoms with Crippen LogP contribution >= 0.6 is 0 Å². The largest absolute Gasteiger partial charge is 0.416 e. The van der Waals surface area contributed by atoms with Crippen LogP contribution in [-0.4, -0.2) is 4.98 Å². The average Bonchev–Trinajstić information content (AvgIpc) is 2.67. The van der Waals surface area contributed by atoms with Crippen LogP contribution in [0, 0.1) is 11.3 Å². The molecule has 29 heavy (non-hydrogen) atoms. The molecule has 3 aromatic rings. The normalized spacial score (nSPS) is 11.9. The molecule has 2 aromatic carbocycles. The van der Waals surface area contributed by atoms with E-state index in [1.165, 1.54) is 30.5 Å². The Morgan fingerprint density at radius 2 is 1.24 bits per heavy atom. The Morgan fingerprint density at radius 3 is 1.69 bits per heavy atom. The van der Waals surface area contributed by atoms with E-state index in [1.54, 1.807) is 6.07 Å². The number of nitrogens with zero attached hydrogens (tertiary/aromatic N) is 2. The van der Waals surface area contributed by atoms with Crippen LogP contribution in [0.15, 0.2) is 60.8 Å². The first-order valence-electron chi connectivity index (χ1n) is 8.31. The number of benzene rings is 2. The molecule has 0 unspecified atom stereocenters. The fourth-order valence-electron chi connectivity index (χ4n) is 2.80. The molecule has 2 nitrogen and oxygen atoms in total. The number of halogens is 6. The van der Waals surface area contributed by atoms with E-state index < -0.39 is 23.5 Å². The van der Waals surface area contributed by atoms with Crippen molar-refractivity contribution in [2.24, 2.45) is 0 Å². The maximum Gasteiger partial charge on any atom is 0.416 e. The van der Waals surface area contributed by atoms with Crippen molar-refractivity contribution in [3.8, 4) is 28.5 Å². The summed E-state index contributed by atoms with van der Waals surface area (Å²) in [6, 6.07) is 12.3. The minimum atomic E-state index is -4.49. The van der Waals surface area contributed by atoms with Gasteiger partial charge in [0, 0.05) is 17.3 Å². The third kappa shape index (κ3) is 4.57. The first-order valence-corrected chi connectivity index (χ1v) is 8.31. The van der Waals surface area contributed by atoms with Crippen LogP contribution in [0.25, 0.3) is 22.4 Å². The van der Waals surface area contributed by atoms with E-state index >= 15 is 0 Å². The zero-order valence-electron chi connectivity index (χ0n) is 14.6. The van der Waals surface area contributed by atoms with E-state index in [0.717, 1.165) is 24.3 Å². The van der Waals surface area contributed by atoms with Crippen molar-refractivity contribution in [1.29, 1.82) is 5.26 Å². The van der Waals surface area contributed by atoms with E-state index in [9.17, 15) is 26.3 Å². The van der Waals surface area contributed by atoms with Gasteiger partial charge in [-0.25, -0.2) is 0 Å².